The highest BCUT2D eigenvalue weighted by Gasteiger charge is 2.61. The Hall–Kier alpha value is -0.0800. The lowest BCUT2D eigenvalue weighted by molar-refractivity contribution is -0.0436. The number of hydrogen-bond donors (Lipinski definition) is 1. The maximum atomic E-state index is 9.55. The van der Waals surface area contributed by atoms with Gasteiger partial charge in [-0.3, -0.25) is 0 Å². The highest BCUT2D eigenvalue weighted by atomic mass is 16.5. The van der Waals surface area contributed by atoms with E-state index < -0.39 is 0 Å². The van der Waals surface area contributed by atoms with Crippen LogP contribution in [0.2, 0.25) is 0 Å². The van der Waals surface area contributed by atoms with Gasteiger partial charge >= 0.3 is 0 Å². The van der Waals surface area contributed by atoms with Gasteiger partial charge < -0.3 is 9.84 Å². The average molecular weight is 266 g/mol. The highest BCUT2D eigenvalue weighted by molar-refractivity contribution is 5.09. The zero-order chi connectivity index (χ0) is 13.7. The summed E-state index contributed by atoms with van der Waals surface area (Å²) in [6.45, 7) is 8.40. The number of aliphatic hydroxyl groups is 1. The van der Waals surface area contributed by atoms with Crippen LogP contribution >= 0.6 is 0 Å². The van der Waals surface area contributed by atoms with Crippen LogP contribution in [0.3, 0.4) is 0 Å². The maximum Gasteiger partial charge on any atom is 0.0577 e. The first-order valence-electron chi connectivity index (χ1n) is 8.23. The van der Waals surface area contributed by atoms with Gasteiger partial charge in [-0.15, -0.1) is 0 Å². The monoisotopic (exact) mass is 266 g/mol. The Labute approximate surface area is 117 Å². The number of fused-ring (bicyclic) bond motifs is 2. The minimum absolute atomic E-state index is 0.0706. The standard InChI is InChI=1S/C17H30O2/c1-16(2)12-8-9-17(16,3)13(10-12)11-19-15-6-4-14(18)5-7-15/h12-15,18H,4-11H2,1-3H3/t12-,13+,14?,15?,17+/m1/s1. The molecule has 3 aliphatic carbocycles. The lowest BCUT2D eigenvalue weighted by atomic mass is 9.67. The molecule has 0 radical (unpaired) electrons. The molecule has 19 heavy (non-hydrogen) atoms. The molecular formula is C17H30O2. The summed E-state index contributed by atoms with van der Waals surface area (Å²) in [6.07, 6.45) is 8.50. The first-order chi connectivity index (χ1) is 8.93. The molecule has 0 heterocycles. The highest BCUT2D eigenvalue weighted by Crippen LogP contribution is 2.68. The van der Waals surface area contributed by atoms with E-state index in [1.165, 1.54) is 19.3 Å². The molecule has 2 bridgehead atoms. The smallest absolute Gasteiger partial charge is 0.0577 e. The van der Waals surface area contributed by atoms with Crippen LogP contribution in [-0.2, 0) is 4.74 Å². The minimum atomic E-state index is -0.0706. The van der Waals surface area contributed by atoms with Gasteiger partial charge in [0.25, 0.3) is 0 Å². The number of aliphatic hydroxyl groups excluding tert-OH is 1. The molecule has 0 aromatic carbocycles. The molecule has 2 nitrogen and oxygen atoms in total. The van der Waals surface area contributed by atoms with E-state index in [1.807, 2.05) is 0 Å². The van der Waals surface area contributed by atoms with Gasteiger partial charge in [0, 0.05) is 0 Å². The SMILES string of the molecule is CC1(C)[C@@H]2CC[C@@]1(C)[C@H](COC1CCC(O)CC1)C2. The third kappa shape index (κ3) is 2.15. The predicted octanol–water partition coefficient (Wildman–Crippen LogP) is 3.77. The number of hydrogen-bond acceptors (Lipinski definition) is 2. The second-order valence-corrected chi connectivity index (χ2v) is 8.07. The summed E-state index contributed by atoms with van der Waals surface area (Å²) < 4.78 is 6.22. The molecule has 3 rings (SSSR count). The fourth-order valence-corrected chi connectivity index (χ4v) is 5.09. The molecule has 1 N–H and O–H groups in total. The summed E-state index contributed by atoms with van der Waals surface area (Å²) >= 11 is 0. The molecule has 0 aromatic rings. The van der Waals surface area contributed by atoms with Crippen LogP contribution < -0.4 is 0 Å². The Balaban J connectivity index is 1.55. The Morgan fingerprint density at radius 3 is 2.26 bits per heavy atom. The topological polar surface area (TPSA) is 29.5 Å². The molecule has 3 fully saturated rings. The molecule has 0 aliphatic heterocycles. The summed E-state index contributed by atoms with van der Waals surface area (Å²) in [5.41, 5.74) is 0.996. The fourth-order valence-electron chi connectivity index (χ4n) is 5.09. The second-order valence-electron chi connectivity index (χ2n) is 8.07. The minimum Gasteiger partial charge on any atom is -0.393 e. The van der Waals surface area contributed by atoms with Crippen LogP contribution in [0.1, 0.15) is 65.7 Å². The largest absolute Gasteiger partial charge is 0.393 e. The molecular weight excluding hydrogens is 236 g/mol. The molecule has 0 spiro atoms. The summed E-state index contributed by atoms with van der Waals surface area (Å²) in [5.74, 6) is 1.67. The van der Waals surface area contributed by atoms with Crippen molar-refractivity contribution in [2.45, 2.75) is 77.9 Å². The summed E-state index contributed by atoms with van der Waals surface area (Å²) in [4.78, 5) is 0. The van der Waals surface area contributed by atoms with Gasteiger partial charge in [-0.2, -0.15) is 0 Å². The summed E-state index contributed by atoms with van der Waals surface area (Å²) in [7, 11) is 0. The van der Waals surface area contributed by atoms with Crippen molar-refractivity contribution in [1.82, 2.24) is 0 Å². The maximum absolute atomic E-state index is 9.55. The van der Waals surface area contributed by atoms with Gasteiger partial charge in [-0.1, -0.05) is 20.8 Å². The van der Waals surface area contributed by atoms with E-state index in [9.17, 15) is 5.11 Å². The van der Waals surface area contributed by atoms with Gasteiger partial charge in [-0.05, 0) is 67.6 Å². The Kier molecular flexibility index (Phi) is 3.46. The van der Waals surface area contributed by atoms with Crippen molar-refractivity contribution in [1.29, 1.82) is 0 Å². The predicted molar refractivity (Wildman–Crippen MR) is 76.9 cm³/mol. The van der Waals surface area contributed by atoms with Gasteiger partial charge in [0.05, 0.1) is 18.8 Å². The third-order valence-corrected chi connectivity index (χ3v) is 7.15. The molecule has 2 heteroatoms. The Bertz CT molecular complexity index is 330. The molecule has 0 unspecified atom stereocenters. The van der Waals surface area contributed by atoms with Crippen LogP contribution in [0.15, 0.2) is 0 Å². The second kappa shape index (κ2) is 4.73. The van der Waals surface area contributed by atoms with Gasteiger partial charge in [0.15, 0.2) is 0 Å². The quantitative estimate of drug-likeness (QED) is 0.842. The van der Waals surface area contributed by atoms with Crippen molar-refractivity contribution in [2.75, 3.05) is 6.61 Å². The number of ether oxygens (including phenoxy) is 1. The molecule has 0 aromatic heterocycles. The van der Waals surface area contributed by atoms with Crippen molar-refractivity contribution in [3.8, 4) is 0 Å². The molecule has 110 valence electrons. The summed E-state index contributed by atoms with van der Waals surface area (Å²) in [6, 6.07) is 0. The van der Waals surface area contributed by atoms with E-state index in [-0.39, 0.29) is 6.10 Å². The van der Waals surface area contributed by atoms with Crippen LogP contribution in [0.4, 0.5) is 0 Å². The van der Waals surface area contributed by atoms with Crippen LogP contribution in [0.25, 0.3) is 0 Å². The Morgan fingerprint density at radius 2 is 1.74 bits per heavy atom. The Morgan fingerprint density at radius 1 is 1.05 bits per heavy atom. The number of rotatable bonds is 3. The van der Waals surface area contributed by atoms with Crippen LogP contribution in [0.5, 0.6) is 0 Å². The average Bonchev–Trinajstić information content (AvgIpc) is 2.71. The van der Waals surface area contributed by atoms with Crippen LogP contribution in [0, 0.1) is 22.7 Å². The van der Waals surface area contributed by atoms with E-state index in [2.05, 4.69) is 20.8 Å². The van der Waals surface area contributed by atoms with E-state index >= 15 is 0 Å². The summed E-state index contributed by atoms with van der Waals surface area (Å²) in [5, 5.41) is 9.55. The zero-order valence-corrected chi connectivity index (χ0v) is 12.8. The first-order valence-corrected chi connectivity index (χ1v) is 8.23. The third-order valence-electron chi connectivity index (χ3n) is 7.15. The van der Waals surface area contributed by atoms with Crippen molar-refractivity contribution in [3.63, 3.8) is 0 Å². The molecule has 3 atom stereocenters. The van der Waals surface area contributed by atoms with Crippen molar-refractivity contribution in [2.24, 2.45) is 22.7 Å². The van der Waals surface area contributed by atoms with E-state index in [4.69, 9.17) is 4.74 Å². The van der Waals surface area contributed by atoms with E-state index in [0.29, 0.717) is 16.9 Å². The van der Waals surface area contributed by atoms with Gasteiger partial charge in [0.1, 0.15) is 0 Å². The first kappa shape index (κ1) is 13.9. The molecule has 0 saturated heterocycles. The van der Waals surface area contributed by atoms with E-state index in [1.54, 1.807) is 0 Å². The molecule has 3 saturated carbocycles. The van der Waals surface area contributed by atoms with Crippen molar-refractivity contribution >= 4 is 0 Å². The van der Waals surface area contributed by atoms with Crippen LogP contribution in [-0.4, -0.2) is 23.9 Å². The van der Waals surface area contributed by atoms with Crippen molar-refractivity contribution in [3.05, 3.63) is 0 Å². The van der Waals surface area contributed by atoms with Gasteiger partial charge in [-0.25, -0.2) is 0 Å². The zero-order valence-electron chi connectivity index (χ0n) is 12.8. The molecule has 0 amide bonds. The fraction of sp³-hybridized carbons (Fsp3) is 1.00. The molecule has 3 aliphatic rings. The van der Waals surface area contributed by atoms with Crippen molar-refractivity contribution < 1.29 is 9.84 Å². The van der Waals surface area contributed by atoms with Gasteiger partial charge in [0.2, 0.25) is 0 Å². The lowest BCUT2D eigenvalue weighted by Gasteiger charge is -2.40. The lowest BCUT2D eigenvalue weighted by Crippen LogP contribution is -2.35. The normalized spacial score (nSPS) is 48.6. The van der Waals surface area contributed by atoms with E-state index in [0.717, 1.165) is 44.1 Å².